The summed E-state index contributed by atoms with van der Waals surface area (Å²) < 4.78 is 0. The van der Waals surface area contributed by atoms with E-state index < -0.39 is 0 Å². The van der Waals surface area contributed by atoms with E-state index >= 15 is 0 Å². The minimum absolute atomic E-state index is 1.18. The molecule has 0 unspecified atom stereocenters. The van der Waals surface area contributed by atoms with E-state index in [0.717, 1.165) is 0 Å². The molecule has 0 saturated carbocycles. The van der Waals surface area contributed by atoms with Crippen molar-refractivity contribution < 1.29 is 0 Å². The Hall–Kier alpha value is -7.54. The summed E-state index contributed by atoms with van der Waals surface area (Å²) in [5.41, 5.74) is 12.1. The quantitative estimate of drug-likeness (QED) is 0.113. The Bertz CT molecular complexity index is 2540. The first kappa shape index (κ1) is 36.1. The van der Waals surface area contributed by atoms with E-state index in [1.54, 1.807) is 0 Å². The van der Waals surface area contributed by atoms with Crippen molar-refractivity contribution in [2.75, 3.05) is 0 Å². The highest BCUT2D eigenvalue weighted by Gasteiger charge is 2.09. The van der Waals surface area contributed by atoms with E-state index in [9.17, 15) is 0 Å². The number of benzene rings is 10. The van der Waals surface area contributed by atoms with Crippen LogP contribution < -0.4 is 0 Å². The van der Waals surface area contributed by atoms with Crippen molar-refractivity contribution in [1.82, 2.24) is 0 Å². The zero-order valence-electron chi connectivity index (χ0n) is 32.2. The molecular formula is C58H42. The molecule has 0 fully saturated rings. The molecule has 0 aromatic heterocycles. The van der Waals surface area contributed by atoms with Gasteiger partial charge in [0.1, 0.15) is 0 Å². The molecule has 0 heteroatoms. The van der Waals surface area contributed by atoms with E-state index in [2.05, 4.69) is 255 Å². The van der Waals surface area contributed by atoms with Gasteiger partial charge in [0.15, 0.2) is 0 Å². The second-order valence-corrected chi connectivity index (χ2v) is 14.5. The van der Waals surface area contributed by atoms with Gasteiger partial charge >= 0.3 is 0 Å². The third-order valence-corrected chi connectivity index (χ3v) is 10.8. The summed E-state index contributed by atoms with van der Waals surface area (Å²) in [4.78, 5) is 0. The van der Waals surface area contributed by atoms with E-state index in [-0.39, 0.29) is 0 Å². The van der Waals surface area contributed by atoms with Crippen LogP contribution in [0, 0.1) is 0 Å². The third-order valence-electron chi connectivity index (χ3n) is 10.8. The highest BCUT2D eigenvalue weighted by Crippen LogP contribution is 2.35. The summed E-state index contributed by atoms with van der Waals surface area (Å²) in [7, 11) is 0. The van der Waals surface area contributed by atoms with Gasteiger partial charge in [0.25, 0.3) is 0 Å². The van der Waals surface area contributed by atoms with Crippen molar-refractivity contribution in [1.29, 1.82) is 0 Å². The monoisotopic (exact) mass is 738 g/mol. The highest BCUT2D eigenvalue weighted by molar-refractivity contribution is 6.25. The van der Waals surface area contributed by atoms with Crippen molar-refractivity contribution in [3.63, 3.8) is 0 Å². The second kappa shape index (κ2) is 17.1. The molecule has 0 nitrogen and oxygen atoms in total. The van der Waals surface area contributed by atoms with Crippen LogP contribution in [0.2, 0.25) is 0 Å². The fourth-order valence-electron chi connectivity index (χ4n) is 7.87. The smallest absolute Gasteiger partial charge is 0.00990 e. The summed E-state index contributed by atoms with van der Waals surface area (Å²) in [6, 6.07) is 86.0. The molecule has 0 aliphatic heterocycles. The molecule has 0 N–H and O–H groups in total. The fourth-order valence-corrected chi connectivity index (χ4v) is 7.87. The number of hydrogen-bond donors (Lipinski definition) is 0. The number of fused-ring (bicyclic) bond motifs is 6. The molecule has 0 aliphatic rings. The molecule has 0 spiro atoms. The summed E-state index contributed by atoms with van der Waals surface area (Å²) in [6.07, 6.45) is 4.55. The van der Waals surface area contributed by atoms with Crippen LogP contribution in [-0.4, -0.2) is 0 Å². The summed E-state index contributed by atoms with van der Waals surface area (Å²) >= 11 is 0. The molecule has 0 amide bonds. The molecule has 10 rings (SSSR count). The standard InChI is InChI=1S/C40H30.C18H12/c1-5-13-35(14-6-1)39(36-15-7-2-8-16-36)29-31-21-25-33(26-22-31)34-27-23-32(24-28-34)30-40(37-17-9-3-10-18-37)38-19-11-4-12-20-38;1-2-8-14-13(7-1)15-9-3-4-11-17(15)18-12-6-5-10-16(14)18/h1-30H;1-12H. The summed E-state index contributed by atoms with van der Waals surface area (Å²) in [5, 5.41) is 8.04. The molecule has 0 atom stereocenters. The van der Waals surface area contributed by atoms with Crippen LogP contribution in [0.4, 0.5) is 0 Å². The molecule has 58 heavy (non-hydrogen) atoms. The topological polar surface area (TPSA) is 0 Å². The first-order valence-corrected chi connectivity index (χ1v) is 19.9. The van der Waals surface area contributed by atoms with Gasteiger partial charge in [-0.2, -0.15) is 0 Å². The molecule has 10 aromatic rings. The maximum Gasteiger partial charge on any atom is -0.00990 e. The largest absolute Gasteiger partial charge is 0.0622 e. The minimum atomic E-state index is 1.18. The van der Waals surface area contributed by atoms with Crippen molar-refractivity contribution in [2.45, 2.75) is 0 Å². The lowest BCUT2D eigenvalue weighted by Gasteiger charge is -2.10. The Balaban J connectivity index is 0.000000200. The average molecular weight is 739 g/mol. The lowest BCUT2D eigenvalue weighted by atomic mass is 9.94. The molecule has 274 valence electrons. The Morgan fingerprint density at radius 3 is 0.638 bits per heavy atom. The van der Waals surface area contributed by atoms with E-state index in [0.29, 0.717) is 0 Å². The maximum absolute atomic E-state index is 2.27. The minimum Gasteiger partial charge on any atom is -0.0622 e. The zero-order chi connectivity index (χ0) is 38.9. The van der Waals surface area contributed by atoms with Gasteiger partial charge in [-0.25, -0.2) is 0 Å². The molecular weight excluding hydrogens is 697 g/mol. The number of rotatable bonds is 7. The Morgan fingerprint density at radius 1 is 0.207 bits per heavy atom. The van der Waals surface area contributed by atoms with E-state index in [1.807, 2.05) is 0 Å². The van der Waals surface area contributed by atoms with Crippen LogP contribution in [0.1, 0.15) is 33.4 Å². The lowest BCUT2D eigenvalue weighted by molar-refractivity contribution is 1.54. The number of hydrogen-bond acceptors (Lipinski definition) is 0. The van der Waals surface area contributed by atoms with Gasteiger partial charge in [-0.3, -0.25) is 0 Å². The predicted molar refractivity (Wildman–Crippen MR) is 251 cm³/mol. The van der Waals surface area contributed by atoms with Gasteiger partial charge in [-0.1, -0.05) is 243 Å². The van der Waals surface area contributed by atoms with Crippen LogP contribution in [0.3, 0.4) is 0 Å². The van der Waals surface area contributed by atoms with Gasteiger partial charge in [0.05, 0.1) is 0 Å². The van der Waals surface area contributed by atoms with Gasteiger partial charge < -0.3 is 0 Å². The van der Waals surface area contributed by atoms with Crippen LogP contribution >= 0.6 is 0 Å². The first-order valence-electron chi connectivity index (χ1n) is 19.9. The Kier molecular flexibility index (Phi) is 10.6. The SMILES string of the molecule is C(=C(c1ccccc1)c1ccccc1)c1ccc(-c2ccc(C=C(c3ccccc3)c3ccccc3)cc2)cc1.c1ccc2c(c1)c1ccccc1c1ccccc21. The van der Waals surface area contributed by atoms with Gasteiger partial charge in [0.2, 0.25) is 0 Å². The van der Waals surface area contributed by atoms with Crippen molar-refractivity contribution >= 4 is 55.6 Å². The molecule has 10 aromatic carbocycles. The van der Waals surface area contributed by atoms with E-state index in [1.165, 1.54) is 88.0 Å². The first-order chi connectivity index (χ1) is 28.8. The second-order valence-electron chi connectivity index (χ2n) is 14.5. The zero-order valence-corrected chi connectivity index (χ0v) is 32.2. The van der Waals surface area contributed by atoms with Crippen LogP contribution in [0.5, 0.6) is 0 Å². The lowest BCUT2D eigenvalue weighted by Crippen LogP contribution is -1.88. The average Bonchev–Trinajstić information content (AvgIpc) is 3.32. The molecule has 0 heterocycles. The van der Waals surface area contributed by atoms with Gasteiger partial charge in [-0.15, -0.1) is 0 Å². The van der Waals surface area contributed by atoms with Crippen molar-refractivity contribution in [3.8, 4) is 11.1 Å². The van der Waals surface area contributed by atoms with Gasteiger partial charge in [-0.05, 0) is 100 Å². The molecule has 0 bridgehead atoms. The molecule has 0 aliphatic carbocycles. The predicted octanol–water partition coefficient (Wildman–Crippen LogP) is 15.7. The van der Waals surface area contributed by atoms with Crippen LogP contribution in [-0.2, 0) is 0 Å². The Labute approximate surface area is 341 Å². The third kappa shape index (κ3) is 7.91. The van der Waals surface area contributed by atoms with Gasteiger partial charge in [0, 0.05) is 0 Å². The summed E-state index contributed by atoms with van der Waals surface area (Å²) in [5.74, 6) is 0. The van der Waals surface area contributed by atoms with Crippen molar-refractivity contribution in [3.05, 3.63) is 276 Å². The maximum atomic E-state index is 2.27. The Morgan fingerprint density at radius 2 is 0.414 bits per heavy atom. The fraction of sp³-hybridized carbons (Fsp3) is 0. The molecule has 0 radical (unpaired) electrons. The molecule has 0 saturated heterocycles. The summed E-state index contributed by atoms with van der Waals surface area (Å²) in [6.45, 7) is 0. The normalized spacial score (nSPS) is 10.8. The highest BCUT2D eigenvalue weighted by atomic mass is 14.1. The van der Waals surface area contributed by atoms with Crippen LogP contribution in [0.15, 0.2) is 243 Å². The van der Waals surface area contributed by atoms with Crippen LogP contribution in [0.25, 0.3) is 66.7 Å². The van der Waals surface area contributed by atoms with E-state index in [4.69, 9.17) is 0 Å². The van der Waals surface area contributed by atoms with Crippen molar-refractivity contribution in [2.24, 2.45) is 0 Å².